The fourth-order valence-corrected chi connectivity index (χ4v) is 2.47. The largest absolute Gasteiger partial charge is 0.493 e. The van der Waals surface area contributed by atoms with Crippen LogP contribution in [0, 0.1) is 12.8 Å². The van der Waals surface area contributed by atoms with Gasteiger partial charge >= 0.3 is 5.97 Å². The molecule has 1 fully saturated rings. The van der Waals surface area contributed by atoms with Gasteiger partial charge in [0.2, 0.25) is 0 Å². The fraction of sp³-hybridized carbons (Fsp3) is 0.462. The Kier molecular flexibility index (Phi) is 3.29. The number of rotatable bonds is 4. The van der Waals surface area contributed by atoms with Gasteiger partial charge in [0, 0.05) is 10.9 Å². The van der Waals surface area contributed by atoms with E-state index in [2.05, 4.69) is 0 Å². The summed E-state index contributed by atoms with van der Waals surface area (Å²) >= 11 is 6.02. The Labute approximate surface area is 105 Å². The highest BCUT2D eigenvalue weighted by Crippen LogP contribution is 2.51. The molecule has 0 heterocycles. The second-order valence-electron chi connectivity index (χ2n) is 4.36. The summed E-state index contributed by atoms with van der Waals surface area (Å²) in [5.41, 5.74) is 1.90. The topological polar surface area (TPSA) is 46.5 Å². The maximum Gasteiger partial charge on any atom is 0.307 e. The Morgan fingerprint density at radius 3 is 2.82 bits per heavy atom. The van der Waals surface area contributed by atoms with E-state index in [0.717, 1.165) is 16.9 Å². The highest BCUT2D eigenvalue weighted by Gasteiger charge is 2.45. The molecule has 1 aliphatic rings. The first kappa shape index (κ1) is 12.2. The lowest BCUT2D eigenvalue weighted by atomic mass is 10.0. The van der Waals surface area contributed by atoms with Gasteiger partial charge in [-0.15, -0.1) is 0 Å². The summed E-state index contributed by atoms with van der Waals surface area (Å²) in [5.74, 6) is -0.181. The van der Waals surface area contributed by atoms with Crippen LogP contribution in [-0.2, 0) is 4.79 Å². The number of benzene rings is 1. The van der Waals surface area contributed by atoms with Crippen molar-refractivity contribution in [3.63, 3.8) is 0 Å². The number of hydrogen-bond acceptors (Lipinski definition) is 2. The van der Waals surface area contributed by atoms with Crippen molar-refractivity contribution >= 4 is 17.6 Å². The maximum absolute atomic E-state index is 10.9. The van der Waals surface area contributed by atoms with E-state index >= 15 is 0 Å². The molecule has 2 atom stereocenters. The molecule has 0 bridgehead atoms. The molecule has 92 valence electrons. The molecule has 0 amide bonds. The van der Waals surface area contributed by atoms with Gasteiger partial charge in [-0.05, 0) is 43.5 Å². The lowest BCUT2D eigenvalue weighted by molar-refractivity contribution is -0.138. The lowest BCUT2D eigenvalue weighted by Gasteiger charge is -2.13. The number of hydrogen-bond donors (Lipinski definition) is 1. The number of aliphatic carboxylic acids is 1. The SMILES string of the molecule is CCOc1c(C)cc(Cl)cc1C1CC1C(=O)O. The molecule has 1 aromatic rings. The van der Waals surface area contributed by atoms with Crippen LogP contribution in [0.25, 0.3) is 0 Å². The zero-order chi connectivity index (χ0) is 12.6. The van der Waals surface area contributed by atoms with E-state index in [9.17, 15) is 4.79 Å². The van der Waals surface area contributed by atoms with Crippen molar-refractivity contribution in [3.8, 4) is 5.75 Å². The third kappa shape index (κ3) is 2.39. The van der Waals surface area contributed by atoms with Crippen molar-refractivity contribution in [2.75, 3.05) is 6.61 Å². The van der Waals surface area contributed by atoms with Crippen LogP contribution >= 0.6 is 11.6 Å². The number of halogens is 1. The van der Waals surface area contributed by atoms with Crippen LogP contribution in [0.4, 0.5) is 0 Å². The van der Waals surface area contributed by atoms with Crippen LogP contribution in [0.15, 0.2) is 12.1 Å². The molecular formula is C13H15ClO3. The predicted molar refractivity (Wildman–Crippen MR) is 65.8 cm³/mol. The van der Waals surface area contributed by atoms with Crippen molar-refractivity contribution in [1.29, 1.82) is 0 Å². The molecule has 3 nitrogen and oxygen atoms in total. The average Bonchev–Trinajstić information content (AvgIpc) is 3.01. The summed E-state index contributed by atoms with van der Waals surface area (Å²) in [7, 11) is 0. The molecule has 0 saturated heterocycles. The minimum Gasteiger partial charge on any atom is -0.493 e. The number of carboxylic acids is 1. The second kappa shape index (κ2) is 4.57. The summed E-state index contributed by atoms with van der Waals surface area (Å²) < 4.78 is 5.60. The van der Waals surface area contributed by atoms with Crippen molar-refractivity contribution in [2.24, 2.45) is 5.92 Å². The van der Waals surface area contributed by atoms with Crippen molar-refractivity contribution in [1.82, 2.24) is 0 Å². The van der Waals surface area contributed by atoms with E-state index in [1.165, 1.54) is 0 Å². The molecule has 1 saturated carbocycles. The second-order valence-corrected chi connectivity index (χ2v) is 4.80. The standard InChI is InChI=1S/C13H15ClO3/c1-3-17-12-7(2)4-8(14)5-10(12)9-6-11(9)13(15)16/h4-5,9,11H,3,6H2,1-2H3,(H,15,16). The lowest BCUT2D eigenvalue weighted by Crippen LogP contribution is -2.02. The van der Waals surface area contributed by atoms with Gasteiger partial charge in [0.1, 0.15) is 5.75 Å². The third-order valence-corrected chi connectivity index (χ3v) is 3.28. The third-order valence-electron chi connectivity index (χ3n) is 3.06. The Hall–Kier alpha value is -1.22. The molecular weight excluding hydrogens is 240 g/mol. The number of ether oxygens (including phenoxy) is 1. The van der Waals surface area contributed by atoms with Crippen LogP contribution in [0.5, 0.6) is 5.75 Å². The van der Waals surface area contributed by atoms with E-state index in [4.69, 9.17) is 21.4 Å². The fourth-order valence-electron chi connectivity index (χ4n) is 2.18. The smallest absolute Gasteiger partial charge is 0.307 e. The molecule has 1 aliphatic carbocycles. The minimum atomic E-state index is -0.741. The quantitative estimate of drug-likeness (QED) is 0.897. The summed E-state index contributed by atoms with van der Waals surface area (Å²) in [6.45, 7) is 4.41. The highest BCUT2D eigenvalue weighted by molar-refractivity contribution is 6.30. The van der Waals surface area contributed by atoms with Crippen LogP contribution in [0.1, 0.15) is 30.4 Å². The molecule has 0 radical (unpaired) electrons. The highest BCUT2D eigenvalue weighted by atomic mass is 35.5. The summed E-state index contributed by atoms with van der Waals surface area (Å²) in [4.78, 5) is 10.9. The van der Waals surface area contributed by atoms with E-state index in [0.29, 0.717) is 18.1 Å². The first-order valence-corrected chi connectivity index (χ1v) is 6.08. The average molecular weight is 255 g/mol. The number of carboxylic acid groups (broad SMARTS) is 1. The van der Waals surface area contributed by atoms with E-state index in [1.54, 1.807) is 0 Å². The van der Waals surface area contributed by atoms with Gasteiger partial charge < -0.3 is 9.84 Å². The van der Waals surface area contributed by atoms with Crippen molar-refractivity contribution in [3.05, 3.63) is 28.3 Å². The minimum absolute atomic E-state index is 0.0476. The Morgan fingerprint density at radius 2 is 2.29 bits per heavy atom. The Balaban J connectivity index is 2.35. The molecule has 1 N–H and O–H groups in total. The predicted octanol–water partition coefficient (Wildman–Crippen LogP) is 3.24. The zero-order valence-corrected chi connectivity index (χ0v) is 10.6. The van der Waals surface area contributed by atoms with E-state index in [-0.39, 0.29) is 11.8 Å². The summed E-state index contributed by atoms with van der Waals surface area (Å²) in [5, 5.41) is 9.61. The molecule has 1 aromatic carbocycles. The van der Waals surface area contributed by atoms with Crippen molar-refractivity contribution in [2.45, 2.75) is 26.2 Å². The normalized spacial score (nSPS) is 22.3. The summed E-state index contributed by atoms with van der Waals surface area (Å²) in [6.07, 6.45) is 0.676. The van der Waals surface area contributed by atoms with Gasteiger partial charge in [0.15, 0.2) is 0 Å². The van der Waals surface area contributed by atoms with Gasteiger partial charge in [0.25, 0.3) is 0 Å². The molecule has 0 aromatic heterocycles. The maximum atomic E-state index is 10.9. The van der Waals surface area contributed by atoms with Gasteiger partial charge in [-0.25, -0.2) is 0 Å². The van der Waals surface area contributed by atoms with Crippen LogP contribution in [0.2, 0.25) is 5.02 Å². The summed E-state index contributed by atoms with van der Waals surface area (Å²) in [6, 6.07) is 3.67. The van der Waals surface area contributed by atoms with Crippen LogP contribution in [-0.4, -0.2) is 17.7 Å². The number of aryl methyl sites for hydroxylation is 1. The number of carbonyl (C=O) groups is 1. The van der Waals surface area contributed by atoms with Gasteiger partial charge in [-0.2, -0.15) is 0 Å². The molecule has 4 heteroatoms. The van der Waals surface area contributed by atoms with Crippen LogP contribution < -0.4 is 4.74 Å². The van der Waals surface area contributed by atoms with Gasteiger partial charge in [0.05, 0.1) is 12.5 Å². The Bertz CT molecular complexity index is 456. The molecule has 2 unspecified atom stereocenters. The van der Waals surface area contributed by atoms with Crippen molar-refractivity contribution < 1.29 is 14.6 Å². The van der Waals surface area contributed by atoms with E-state index < -0.39 is 5.97 Å². The van der Waals surface area contributed by atoms with Gasteiger partial charge in [-0.3, -0.25) is 4.79 Å². The van der Waals surface area contributed by atoms with Crippen LogP contribution in [0.3, 0.4) is 0 Å². The molecule has 0 aliphatic heterocycles. The molecule has 0 spiro atoms. The van der Waals surface area contributed by atoms with E-state index in [1.807, 2.05) is 26.0 Å². The zero-order valence-electron chi connectivity index (χ0n) is 9.87. The molecule has 17 heavy (non-hydrogen) atoms. The first-order chi connectivity index (χ1) is 8.04. The molecule has 2 rings (SSSR count). The first-order valence-electron chi connectivity index (χ1n) is 5.70. The monoisotopic (exact) mass is 254 g/mol. The Morgan fingerprint density at radius 1 is 1.59 bits per heavy atom. The van der Waals surface area contributed by atoms with Gasteiger partial charge in [-0.1, -0.05) is 11.6 Å².